The van der Waals surface area contributed by atoms with Gasteiger partial charge in [-0.2, -0.15) is 0 Å². The molecule has 2 N–H and O–H groups in total. The van der Waals surface area contributed by atoms with Crippen LogP contribution in [0.3, 0.4) is 0 Å². The summed E-state index contributed by atoms with van der Waals surface area (Å²) in [7, 11) is 1.27. The highest BCUT2D eigenvalue weighted by atomic mass is 32.1. The van der Waals surface area contributed by atoms with Gasteiger partial charge < -0.3 is 19.6 Å². The lowest BCUT2D eigenvalue weighted by molar-refractivity contribution is 0.0704. The molecule has 0 aliphatic carbocycles. The number of nitrogens with zero attached hydrogens (tertiary/aromatic N) is 1. The Balaban J connectivity index is 1.83. The average Bonchev–Trinajstić information content (AvgIpc) is 3.21. The molecule has 0 atom stereocenters. The molecule has 176 valence electrons. The lowest BCUT2D eigenvalue weighted by Crippen LogP contribution is -2.34. The highest BCUT2D eigenvalue weighted by molar-refractivity contribution is 7.13. The summed E-state index contributed by atoms with van der Waals surface area (Å²) in [5.74, 6) is -4.65. The number of nitrogens with one attached hydrogen (secondary N) is 1. The molecule has 0 saturated carbocycles. The van der Waals surface area contributed by atoms with Crippen molar-refractivity contribution in [3.05, 3.63) is 83.9 Å². The Labute approximate surface area is 192 Å². The van der Waals surface area contributed by atoms with Gasteiger partial charge in [-0.1, -0.05) is 0 Å². The molecule has 4 aromatic rings. The summed E-state index contributed by atoms with van der Waals surface area (Å²) in [6.45, 7) is 0.968. The zero-order chi connectivity index (χ0) is 24.7. The maximum atomic E-state index is 14.8. The number of halogens is 3. The molecule has 0 aliphatic heterocycles. The number of carboxylic acid groups (broad SMARTS) is 1. The zero-order valence-electron chi connectivity index (χ0n) is 17.6. The van der Waals surface area contributed by atoms with Crippen LogP contribution >= 0.6 is 11.3 Å². The van der Waals surface area contributed by atoms with Crippen LogP contribution in [0, 0.1) is 24.4 Å². The normalized spacial score (nSPS) is 11.1. The fourth-order valence-electron chi connectivity index (χ4n) is 3.43. The van der Waals surface area contributed by atoms with Crippen LogP contribution in [0.5, 0.6) is 11.5 Å². The molecular formula is C22H15F3N2O6S. The van der Waals surface area contributed by atoms with E-state index in [0.717, 1.165) is 29.5 Å². The number of thiophene rings is 1. The number of carboxylic acids is 1. The van der Waals surface area contributed by atoms with Crippen molar-refractivity contribution < 1.29 is 32.5 Å². The second-order valence-electron chi connectivity index (χ2n) is 7.13. The number of methoxy groups -OCH3 is 1. The van der Waals surface area contributed by atoms with E-state index in [1.54, 1.807) is 0 Å². The second kappa shape index (κ2) is 8.71. The van der Waals surface area contributed by atoms with Gasteiger partial charge in [-0.05, 0) is 30.7 Å². The molecule has 0 spiro atoms. The molecule has 2 heterocycles. The molecular weight excluding hydrogens is 477 g/mol. The van der Waals surface area contributed by atoms with Crippen molar-refractivity contribution in [2.75, 3.05) is 7.11 Å². The van der Waals surface area contributed by atoms with Gasteiger partial charge in [0.2, 0.25) is 0 Å². The van der Waals surface area contributed by atoms with Gasteiger partial charge in [-0.25, -0.2) is 27.3 Å². The first-order valence-electron chi connectivity index (χ1n) is 9.58. The van der Waals surface area contributed by atoms with Crippen LogP contribution in [0.15, 0.2) is 39.2 Å². The van der Waals surface area contributed by atoms with Crippen molar-refractivity contribution in [1.29, 1.82) is 0 Å². The van der Waals surface area contributed by atoms with Gasteiger partial charge in [0.05, 0.1) is 29.3 Å². The van der Waals surface area contributed by atoms with E-state index in [1.165, 1.54) is 25.5 Å². The van der Waals surface area contributed by atoms with Gasteiger partial charge in [0.15, 0.2) is 11.6 Å². The lowest BCUT2D eigenvalue weighted by Gasteiger charge is -2.15. The SMILES string of the molecule is COc1ccc(F)c(F)c1COc1cc(-n2c(=O)[nH]c3csc(C(=O)O)c3c2=O)c(F)cc1C. The average molecular weight is 492 g/mol. The van der Waals surface area contributed by atoms with Crippen molar-refractivity contribution in [1.82, 2.24) is 9.55 Å². The second-order valence-corrected chi connectivity index (χ2v) is 8.01. The standard InChI is InChI=1S/C22H15F3N2O6S/c1-9-5-12(24)14(6-16(9)33-7-10-15(32-2)4-3-11(23)18(10)25)27-20(28)17-13(26-22(27)31)8-34-19(17)21(29)30/h3-6,8H,7H2,1-2H3,(H,26,31)(H,29,30). The number of aryl methyl sites for hydroxylation is 1. The van der Waals surface area contributed by atoms with Gasteiger partial charge in [0, 0.05) is 11.4 Å². The summed E-state index contributed by atoms with van der Waals surface area (Å²) in [5, 5.41) is 10.3. The summed E-state index contributed by atoms with van der Waals surface area (Å²) in [6.07, 6.45) is 0. The molecule has 2 aromatic carbocycles. The van der Waals surface area contributed by atoms with E-state index in [9.17, 15) is 32.7 Å². The smallest absolute Gasteiger partial charge is 0.346 e. The molecule has 0 saturated heterocycles. The fraction of sp³-hybridized carbons (Fsp3) is 0.136. The quantitative estimate of drug-likeness (QED) is 0.424. The third-order valence-electron chi connectivity index (χ3n) is 5.08. The van der Waals surface area contributed by atoms with E-state index in [0.29, 0.717) is 4.57 Å². The van der Waals surface area contributed by atoms with Crippen LogP contribution in [0.4, 0.5) is 13.2 Å². The number of H-pyrrole nitrogens is 1. The lowest BCUT2D eigenvalue weighted by atomic mass is 10.1. The number of aromatic amines is 1. The van der Waals surface area contributed by atoms with Crippen molar-refractivity contribution in [2.45, 2.75) is 13.5 Å². The molecule has 34 heavy (non-hydrogen) atoms. The maximum Gasteiger partial charge on any atom is 0.346 e. The number of ether oxygens (including phenoxy) is 2. The maximum absolute atomic E-state index is 14.8. The molecule has 4 rings (SSSR count). The first kappa shape index (κ1) is 23.1. The van der Waals surface area contributed by atoms with Crippen LogP contribution in [0.1, 0.15) is 20.8 Å². The number of aromatic nitrogens is 2. The van der Waals surface area contributed by atoms with E-state index in [1.807, 2.05) is 0 Å². The molecule has 0 unspecified atom stereocenters. The fourth-order valence-corrected chi connectivity index (χ4v) is 4.26. The molecule has 0 aliphatic rings. The minimum Gasteiger partial charge on any atom is -0.496 e. The van der Waals surface area contributed by atoms with Crippen LogP contribution in [0.2, 0.25) is 0 Å². The molecule has 0 amide bonds. The van der Waals surface area contributed by atoms with Crippen LogP contribution < -0.4 is 20.7 Å². The third-order valence-corrected chi connectivity index (χ3v) is 6.05. The Kier molecular flexibility index (Phi) is 5.92. The monoisotopic (exact) mass is 492 g/mol. The minimum absolute atomic E-state index is 0.00585. The van der Waals surface area contributed by atoms with E-state index in [-0.39, 0.29) is 38.4 Å². The largest absolute Gasteiger partial charge is 0.496 e. The summed E-state index contributed by atoms with van der Waals surface area (Å²) in [4.78, 5) is 39.1. The van der Waals surface area contributed by atoms with Crippen LogP contribution in [0.25, 0.3) is 16.6 Å². The summed E-state index contributed by atoms with van der Waals surface area (Å²) in [5.41, 5.74) is -2.53. The predicted octanol–water partition coefficient (Wildman–Crippen LogP) is 3.75. The van der Waals surface area contributed by atoms with E-state index in [2.05, 4.69) is 4.98 Å². The number of carbonyl (C=O) groups is 1. The Morgan fingerprint density at radius 3 is 2.56 bits per heavy atom. The van der Waals surface area contributed by atoms with Gasteiger partial charge in [0.1, 0.15) is 28.8 Å². The molecule has 2 aromatic heterocycles. The van der Waals surface area contributed by atoms with E-state index in [4.69, 9.17) is 9.47 Å². The Morgan fingerprint density at radius 1 is 1.15 bits per heavy atom. The number of rotatable bonds is 6. The summed E-state index contributed by atoms with van der Waals surface area (Å²) < 4.78 is 53.8. The first-order valence-corrected chi connectivity index (χ1v) is 10.5. The summed E-state index contributed by atoms with van der Waals surface area (Å²) in [6, 6.07) is 4.15. The number of hydrogen-bond donors (Lipinski definition) is 2. The summed E-state index contributed by atoms with van der Waals surface area (Å²) >= 11 is 0.740. The highest BCUT2D eigenvalue weighted by Gasteiger charge is 2.22. The Bertz CT molecular complexity index is 1570. The van der Waals surface area contributed by atoms with Crippen LogP contribution in [-0.4, -0.2) is 27.7 Å². The van der Waals surface area contributed by atoms with E-state index < -0.39 is 47.0 Å². The zero-order valence-corrected chi connectivity index (χ0v) is 18.4. The third kappa shape index (κ3) is 3.81. The van der Waals surface area contributed by atoms with Crippen molar-refractivity contribution in [3.63, 3.8) is 0 Å². The van der Waals surface area contributed by atoms with Gasteiger partial charge in [-0.15, -0.1) is 11.3 Å². The van der Waals surface area contributed by atoms with Crippen molar-refractivity contribution in [2.24, 2.45) is 0 Å². The predicted molar refractivity (Wildman–Crippen MR) is 117 cm³/mol. The molecule has 8 nitrogen and oxygen atoms in total. The number of benzene rings is 2. The Hall–Kier alpha value is -4.06. The van der Waals surface area contributed by atoms with Crippen molar-refractivity contribution >= 4 is 28.2 Å². The van der Waals surface area contributed by atoms with Crippen LogP contribution in [-0.2, 0) is 6.61 Å². The van der Waals surface area contributed by atoms with E-state index >= 15 is 0 Å². The Morgan fingerprint density at radius 2 is 1.88 bits per heavy atom. The number of hydrogen-bond acceptors (Lipinski definition) is 6. The molecule has 0 bridgehead atoms. The minimum atomic E-state index is -1.38. The van der Waals surface area contributed by atoms with Gasteiger partial charge >= 0.3 is 11.7 Å². The van der Waals surface area contributed by atoms with Gasteiger partial charge in [-0.3, -0.25) is 4.79 Å². The van der Waals surface area contributed by atoms with Crippen molar-refractivity contribution in [3.8, 4) is 17.2 Å². The number of fused-ring (bicyclic) bond motifs is 1. The molecule has 0 fully saturated rings. The first-order chi connectivity index (χ1) is 16.1. The molecule has 0 radical (unpaired) electrons. The molecule has 12 heteroatoms. The topological polar surface area (TPSA) is 111 Å². The highest BCUT2D eigenvalue weighted by Crippen LogP contribution is 2.29. The van der Waals surface area contributed by atoms with Gasteiger partial charge in [0.25, 0.3) is 5.56 Å². The number of aromatic carboxylic acids is 1.